The number of hydrogen-bond donors (Lipinski definition) is 1. The molecule has 0 radical (unpaired) electrons. The highest BCUT2D eigenvalue weighted by Gasteiger charge is 2.10. The molecule has 0 saturated carbocycles. The van der Waals surface area contributed by atoms with Gasteiger partial charge in [0, 0.05) is 5.69 Å². The van der Waals surface area contributed by atoms with Crippen LogP contribution in [0.15, 0.2) is 54.6 Å². The molecule has 2 aromatic carbocycles. The van der Waals surface area contributed by atoms with Crippen LogP contribution in [-0.4, -0.2) is 25.1 Å². The van der Waals surface area contributed by atoms with E-state index < -0.39 is 5.97 Å². The summed E-state index contributed by atoms with van der Waals surface area (Å²) in [6.07, 6.45) is 0.917. The number of carbonyl (C=O) groups is 2. The van der Waals surface area contributed by atoms with E-state index in [0.717, 1.165) is 6.42 Å². The van der Waals surface area contributed by atoms with Crippen LogP contribution < -0.4 is 10.1 Å². The third-order valence-corrected chi connectivity index (χ3v) is 2.95. The van der Waals surface area contributed by atoms with E-state index in [9.17, 15) is 9.59 Å². The lowest BCUT2D eigenvalue weighted by atomic mass is 10.2. The van der Waals surface area contributed by atoms with Gasteiger partial charge in [-0.25, -0.2) is 4.79 Å². The molecule has 0 aromatic heterocycles. The summed E-state index contributed by atoms with van der Waals surface area (Å²) in [5.74, 6) is -0.229. The van der Waals surface area contributed by atoms with Gasteiger partial charge in [0.25, 0.3) is 5.91 Å². The third kappa shape index (κ3) is 5.47. The lowest BCUT2D eigenvalue weighted by Gasteiger charge is -2.07. The molecule has 120 valence electrons. The number of benzene rings is 2. The Hall–Kier alpha value is -2.82. The van der Waals surface area contributed by atoms with Crippen LogP contribution in [0.4, 0.5) is 5.69 Å². The minimum atomic E-state index is -0.546. The molecule has 23 heavy (non-hydrogen) atoms. The Morgan fingerprint density at radius 3 is 2.35 bits per heavy atom. The van der Waals surface area contributed by atoms with Gasteiger partial charge in [0.05, 0.1) is 12.2 Å². The van der Waals surface area contributed by atoms with Crippen molar-refractivity contribution < 1.29 is 19.1 Å². The Kier molecular flexibility index (Phi) is 6.17. The molecule has 1 N–H and O–H groups in total. The van der Waals surface area contributed by atoms with Gasteiger partial charge in [0.1, 0.15) is 5.75 Å². The summed E-state index contributed by atoms with van der Waals surface area (Å²) in [4.78, 5) is 23.6. The average molecular weight is 313 g/mol. The van der Waals surface area contributed by atoms with Crippen LogP contribution in [-0.2, 0) is 9.53 Å². The van der Waals surface area contributed by atoms with E-state index in [4.69, 9.17) is 9.47 Å². The van der Waals surface area contributed by atoms with Crippen molar-refractivity contribution in [3.8, 4) is 5.75 Å². The predicted octanol–water partition coefficient (Wildman–Crippen LogP) is 3.27. The van der Waals surface area contributed by atoms with Gasteiger partial charge < -0.3 is 14.8 Å². The molecule has 0 atom stereocenters. The predicted molar refractivity (Wildman–Crippen MR) is 87.6 cm³/mol. The monoisotopic (exact) mass is 313 g/mol. The first-order valence-corrected chi connectivity index (χ1v) is 7.44. The quantitative estimate of drug-likeness (QED) is 0.797. The molecule has 0 unspecified atom stereocenters. The Morgan fingerprint density at radius 2 is 1.70 bits per heavy atom. The summed E-state index contributed by atoms with van der Waals surface area (Å²) >= 11 is 0. The van der Waals surface area contributed by atoms with Gasteiger partial charge in [0.2, 0.25) is 0 Å². The topological polar surface area (TPSA) is 64.6 Å². The molecule has 0 bridgehead atoms. The first-order chi connectivity index (χ1) is 11.2. The first-order valence-electron chi connectivity index (χ1n) is 7.44. The molecule has 5 nitrogen and oxygen atoms in total. The summed E-state index contributed by atoms with van der Waals surface area (Å²) in [6.45, 7) is 2.32. The van der Waals surface area contributed by atoms with E-state index in [-0.39, 0.29) is 12.5 Å². The van der Waals surface area contributed by atoms with Gasteiger partial charge in [-0.3, -0.25) is 4.79 Å². The van der Waals surface area contributed by atoms with Crippen LogP contribution in [0, 0.1) is 0 Å². The van der Waals surface area contributed by atoms with Crippen molar-refractivity contribution in [2.75, 3.05) is 18.5 Å². The highest BCUT2D eigenvalue weighted by atomic mass is 16.5. The molecule has 0 aliphatic rings. The zero-order valence-corrected chi connectivity index (χ0v) is 13.0. The fourth-order valence-electron chi connectivity index (χ4n) is 1.84. The Balaban J connectivity index is 1.81. The molecular weight excluding hydrogens is 294 g/mol. The number of amides is 1. The third-order valence-electron chi connectivity index (χ3n) is 2.95. The number of carbonyl (C=O) groups excluding carboxylic acids is 2. The molecule has 0 aliphatic carbocycles. The molecule has 0 spiro atoms. The number of ether oxygens (including phenoxy) is 2. The number of para-hydroxylation sites is 1. The molecule has 2 rings (SSSR count). The van der Waals surface area contributed by atoms with Crippen molar-refractivity contribution in [1.29, 1.82) is 0 Å². The van der Waals surface area contributed by atoms with Crippen molar-refractivity contribution in [2.45, 2.75) is 13.3 Å². The number of esters is 1. The zero-order valence-electron chi connectivity index (χ0n) is 13.0. The summed E-state index contributed by atoms with van der Waals surface area (Å²) in [6, 6.07) is 15.6. The van der Waals surface area contributed by atoms with Crippen molar-refractivity contribution >= 4 is 17.6 Å². The smallest absolute Gasteiger partial charge is 0.338 e. The first kappa shape index (κ1) is 16.5. The standard InChI is InChI=1S/C18H19NO4/c1-2-12-22-16-10-8-14(9-11-16)18(21)23-13-17(20)19-15-6-4-3-5-7-15/h3-11H,2,12-13H2,1H3,(H,19,20). The Labute approximate surface area is 135 Å². The van der Waals surface area contributed by atoms with Crippen LogP contribution in [0.3, 0.4) is 0 Å². The summed E-state index contributed by atoms with van der Waals surface area (Å²) in [5, 5.41) is 2.64. The minimum absolute atomic E-state index is 0.332. The van der Waals surface area contributed by atoms with Crippen molar-refractivity contribution in [3.05, 3.63) is 60.2 Å². The van der Waals surface area contributed by atoms with Crippen LogP contribution in [0.5, 0.6) is 5.75 Å². The molecule has 0 heterocycles. The van der Waals surface area contributed by atoms with E-state index >= 15 is 0 Å². The molecule has 2 aromatic rings. The fourth-order valence-corrected chi connectivity index (χ4v) is 1.84. The number of anilines is 1. The van der Waals surface area contributed by atoms with E-state index in [1.807, 2.05) is 25.1 Å². The summed E-state index contributed by atoms with van der Waals surface area (Å²) in [5.41, 5.74) is 1.03. The van der Waals surface area contributed by atoms with Crippen LogP contribution in [0.1, 0.15) is 23.7 Å². The fraction of sp³-hybridized carbons (Fsp3) is 0.222. The van der Waals surface area contributed by atoms with E-state index in [1.54, 1.807) is 36.4 Å². The Morgan fingerprint density at radius 1 is 1.00 bits per heavy atom. The minimum Gasteiger partial charge on any atom is -0.494 e. The number of nitrogens with one attached hydrogen (secondary N) is 1. The second-order valence-corrected chi connectivity index (χ2v) is 4.86. The maximum absolute atomic E-state index is 11.9. The molecule has 1 amide bonds. The van der Waals surface area contributed by atoms with Crippen molar-refractivity contribution in [2.24, 2.45) is 0 Å². The van der Waals surface area contributed by atoms with E-state index in [1.165, 1.54) is 0 Å². The van der Waals surface area contributed by atoms with Gasteiger partial charge in [-0.1, -0.05) is 25.1 Å². The average Bonchev–Trinajstić information content (AvgIpc) is 2.59. The van der Waals surface area contributed by atoms with E-state index in [2.05, 4.69) is 5.32 Å². The lowest BCUT2D eigenvalue weighted by molar-refractivity contribution is -0.119. The van der Waals surface area contributed by atoms with Gasteiger partial charge in [-0.05, 0) is 42.8 Å². The van der Waals surface area contributed by atoms with Crippen LogP contribution >= 0.6 is 0 Å². The van der Waals surface area contributed by atoms with Crippen LogP contribution in [0.25, 0.3) is 0 Å². The maximum Gasteiger partial charge on any atom is 0.338 e. The maximum atomic E-state index is 11.9. The summed E-state index contributed by atoms with van der Waals surface area (Å²) in [7, 11) is 0. The highest BCUT2D eigenvalue weighted by Crippen LogP contribution is 2.13. The number of hydrogen-bond acceptors (Lipinski definition) is 4. The zero-order chi connectivity index (χ0) is 16.5. The second kappa shape index (κ2) is 8.58. The molecule has 5 heteroatoms. The summed E-state index contributed by atoms with van der Waals surface area (Å²) < 4.78 is 10.4. The number of rotatable bonds is 7. The van der Waals surface area contributed by atoms with Gasteiger partial charge in [-0.15, -0.1) is 0 Å². The van der Waals surface area contributed by atoms with Crippen molar-refractivity contribution in [1.82, 2.24) is 0 Å². The SMILES string of the molecule is CCCOc1ccc(C(=O)OCC(=O)Nc2ccccc2)cc1. The molecular formula is C18H19NO4. The normalized spacial score (nSPS) is 9.96. The van der Waals surface area contributed by atoms with E-state index in [0.29, 0.717) is 23.6 Å². The second-order valence-electron chi connectivity index (χ2n) is 4.86. The molecule has 0 aliphatic heterocycles. The van der Waals surface area contributed by atoms with Crippen LogP contribution in [0.2, 0.25) is 0 Å². The van der Waals surface area contributed by atoms with Gasteiger partial charge >= 0.3 is 5.97 Å². The molecule has 0 fully saturated rings. The van der Waals surface area contributed by atoms with Crippen molar-refractivity contribution in [3.63, 3.8) is 0 Å². The van der Waals surface area contributed by atoms with Gasteiger partial charge in [0.15, 0.2) is 6.61 Å². The largest absolute Gasteiger partial charge is 0.494 e. The Bertz CT molecular complexity index is 638. The van der Waals surface area contributed by atoms with Gasteiger partial charge in [-0.2, -0.15) is 0 Å². The lowest BCUT2D eigenvalue weighted by Crippen LogP contribution is -2.20. The molecule has 0 saturated heterocycles. The highest BCUT2D eigenvalue weighted by molar-refractivity contribution is 5.95.